The minimum atomic E-state index is -0.818. The third-order valence-electron chi connectivity index (χ3n) is 30.4. The summed E-state index contributed by atoms with van der Waals surface area (Å²) in [6, 6.07) is 58.3. The van der Waals surface area contributed by atoms with Gasteiger partial charge in [-0.25, -0.2) is 0 Å². The van der Waals surface area contributed by atoms with Gasteiger partial charge in [0.25, 0.3) is 0 Å². The molecule has 8 aromatic rings. The van der Waals surface area contributed by atoms with Gasteiger partial charge in [-0.05, 0) is 239 Å². The third-order valence-corrected chi connectivity index (χ3v) is 30.4. The van der Waals surface area contributed by atoms with E-state index in [2.05, 4.69) is 82.2 Å². The maximum atomic E-state index is 13.6. The van der Waals surface area contributed by atoms with Gasteiger partial charge in [-0.3, -0.25) is 58.0 Å². The number of amides is 4. The summed E-state index contributed by atoms with van der Waals surface area (Å²) in [6.07, 6.45) is 19.4. The minimum absolute atomic E-state index is 0.0484. The molecule has 29 heteroatoms. The van der Waals surface area contributed by atoms with Gasteiger partial charge in [-0.2, -0.15) is 0 Å². The zero-order chi connectivity index (χ0) is 106. The number of carboxylic acid groups (broad SMARTS) is 4. The molecular weight excluding hydrogens is 1880 g/mol. The van der Waals surface area contributed by atoms with Gasteiger partial charge in [-0.1, -0.05) is 175 Å². The number of rotatable bonds is 54. The third kappa shape index (κ3) is 32.4. The number of benzene rings is 8. The summed E-state index contributed by atoms with van der Waals surface area (Å²) in [6.45, 7) is 19.4. The van der Waals surface area contributed by atoms with Gasteiger partial charge in [0.2, 0.25) is 23.6 Å². The predicted octanol–water partition coefficient (Wildman–Crippen LogP) is 17.1. The summed E-state index contributed by atoms with van der Waals surface area (Å²) >= 11 is 0. The summed E-state index contributed by atoms with van der Waals surface area (Å²) in [5.74, 6) is 0.350. The van der Waals surface area contributed by atoms with Crippen LogP contribution in [0.15, 0.2) is 182 Å². The van der Waals surface area contributed by atoms with E-state index >= 15 is 0 Å². The van der Waals surface area contributed by atoms with Crippen LogP contribution in [0.4, 0.5) is 0 Å². The van der Waals surface area contributed by atoms with Crippen LogP contribution in [0.1, 0.15) is 223 Å². The van der Waals surface area contributed by atoms with E-state index in [0.29, 0.717) is 104 Å². The van der Waals surface area contributed by atoms with E-state index < -0.39 is 47.5 Å². The van der Waals surface area contributed by atoms with Crippen molar-refractivity contribution in [2.45, 2.75) is 230 Å². The smallest absolute Gasteiger partial charge is 0.308 e. The highest BCUT2D eigenvalue weighted by Crippen LogP contribution is 2.47. The molecule has 6 aliphatic heterocycles. The Bertz CT molecular complexity index is 5330. The summed E-state index contributed by atoms with van der Waals surface area (Å²) in [4.78, 5) is 115. The Labute approximate surface area is 876 Å². The van der Waals surface area contributed by atoms with E-state index in [9.17, 15) is 58.8 Å². The first-order chi connectivity index (χ1) is 71.9. The summed E-state index contributed by atoms with van der Waals surface area (Å²) in [5, 5.41) is 47.5. The molecule has 0 aliphatic carbocycles. The number of ether oxygens (including phenoxy) is 8. The normalized spacial score (nSPS) is 20.2. The second-order valence-electron chi connectivity index (χ2n) is 39.8. The number of nitrogens with zero attached hydrogens (tertiary/aromatic N) is 6. The van der Waals surface area contributed by atoms with E-state index in [-0.39, 0.29) is 97.6 Å². The minimum Gasteiger partial charge on any atom is -0.497 e. The fraction of sp³-hybridized carbons (Fsp3) is 0.529. The lowest BCUT2D eigenvalue weighted by Gasteiger charge is -2.30. The molecule has 148 heavy (non-hydrogen) atoms. The highest BCUT2D eigenvalue weighted by molar-refractivity contribution is 5.82. The van der Waals surface area contributed by atoms with Crippen molar-refractivity contribution < 1.29 is 96.7 Å². The van der Waals surface area contributed by atoms with Gasteiger partial charge >= 0.3 is 23.9 Å². The number of carbonyl (C=O) groups excluding carboxylic acids is 4. The van der Waals surface area contributed by atoms with Crippen LogP contribution in [0, 0.1) is 23.7 Å². The van der Waals surface area contributed by atoms with Crippen molar-refractivity contribution in [1.82, 2.24) is 40.0 Å². The first-order valence-corrected chi connectivity index (χ1v) is 53.8. The number of unbranched alkanes of at least 4 members (excludes halogenated alkanes) is 4. The lowest BCUT2D eigenvalue weighted by atomic mass is 9.83. The molecule has 0 radical (unpaired) electrons. The van der Waals surface area contributed by atoms with Crippen LogP contribution in [-0.4, -0.2) is 276 Å². The number of carboxylic acids is 4. The highest BCUT2D eigenvalue weighted by atomic mass is 16.5. The van der Waals surface area contributed by atoms with Crippen LogP contribution >= 0.6 is 0 Å². The number of hydrogen-bond donors (Lipinski definition) is 7. The maximum Gasteiger partial charge on any atom is 0.308 e. The van der Waals surface area contributed by atoms with Gasteiger partial charge in [0.1, 0.15) is 46.0 Å². The number of fused-ring (bicyclic) bond motifs is 2. The van der Waals surface area contributed by atoms with Gasteiger partial charge in [0.15, 0.2) is 0 Å². The number of hydrogen-bond acceptors (Lipinski definition) is 21. The highest BCUT2D eigenvalue weighted by Gasteiger charge is 2.52. The van der Waals surface area contributed by atoms with E-state index in [1.807, 2.05) is 174 Å². The number of nitrogens with one attached hydrogen (secondary N) is 2. The second kappa shape index (κ2) is 60.4. The summed E-state index contributed by atoms with van der Waals surface area (Å²) in [7, 11) is 9.89. The van der Waals surface area contributed by atoms with Crippen molar-refractivity contribution >= 4 is 47.5 Å². The second-order valence-corrected chi connectivity index (χ2v) is 39.8. The van der Waals surface area contributed by atoms with Gasteiger partial charge in [0, 0.05) is 126 Å². The van der Waals surface area contributed by atoms with Crippen LogP contribution in [-0.2, 0) is 76.9 Å². The standard InChI is InChI=1S/C32H45N3O5.C31H42N2O5.2C28H38N2O5/c1-3-4-17-34(18-8-16-33)30(36)22-35-21-26(24-13-14-29-25(20-24)15-19-40-29)31(32(37)38)27(35)11-7-10-23-9-5-6-12-28(23)39-2;1-4-6-17-32(5-2)29(34)21-33-20-25(23-14-15-28-24(19-23)16-18-38-28)30(31(35)36)26(33)12-9-11-22-10-7-8-13-27(22)37-3;2*1-4-5-17-29-26(31)19-30-18-23(20-13-15-22(34-2)16-14-20)27(28(32)33)24(30)11-8-10-21-9-6-7-12-25(21)35-3/h5-6,9,12-14,20,26-27,31H,3-4,7-8,10-11,15-19,21-22,33H2,1-2H3,(H,37,38);7-8,10,13-15,19,25-26,30H,4-6,9,11-12,16-18,20-21H2,1-3H3,(H,35,36);2*6-7,9,12-16,23-24,27H,4-5,8,10-11,17-19H2,1-3H3,(H,29,31)(H,32,33)/t26-,27+,31-;25-,26+,30-;2*23-,24+,27-/m1111/s1. The Balaban J connectivity index is 0.000000188. The molecular formula is C119H163N9O20. The predicted molar refractivity (Wildman–Crippen MR) is 576 cm³/mol. The number of para-hydroxylation sites is 4. The number of nitrogens with two attached hydrogens (primary N) is 1. The molecule has 29 nitrogen and oxygen atoms in total. The maximum absolute atomic E-state index is 13.6. The Morgan fingerprint density at radius 1 is 0.351 bits per heavy atom. The van der Waals surface area contributed by atoms with Crippen LogP contribution in [0.3, 0.4) is 0 Å². The lowest BCUT2D eigenvalue weighted by Crippen LogP contribution is -2.45. The Kier molecular flexibility index (Phi) is 47.3. The Hall–Kier alpha value is -12.3. The van der Waals surface area contributed by atoms with Crippen molar-refractivity contribution in [2.75, 3.05) is 154 Å². The fourth-order valence-electron chi connectivity index (χ4n) is 22.6. The number of carbonyl (C=O) groups is 8. The SMILES string of the molecule is CCCCN(CC)C(=O)CN1C[C@H](c2ccc3c(c2)CCO3)[C@@H](C(=O)O)[C@@H]1CCCc1ccccc1OC.CCCCN(CCCN)C(=O)CN1C[C@H](c2ccc3c(c2)CCO3)[C@@H](C(=O)O)[C@@H]1CCCc1ccccc1OC.CCCCNC(=O)CN1C[C@H](c2ccc(OC)cc2)[C@@H](C(=O)O)[C@@H]1CCCc1ccccc1OC.CCCCNC(=O)CN1C[C@H](c2ccc(OC)cc2)[C@@H](C(=O)O)[C@@H]1CCCc1ccccc1OC. The van der Waals surface area contributed by atoms with E-state index in [1.165, 1.54) is 0 Å². The summed E-state index contributed by atoms with van der Waals surface area (Å²) in [5.41, 5.74) is 16.5. The van der Waals surface area contributed by atoms with Crippen LogP contribution < -0.4 is 54.3 Å². The van der Waals surface area contributed by atoms with E-state index in [0.717, 1.165) is 230 Å². The molecule has 0 saturated carbocycles. The molecule has 6 aliphatic rings. The van der Waals surface area contributed by atoms with Crippen molar-refractivity contribution in [1.29, 1.82) is 0 Å². The molecule has 6 heterocycles. The number of likely N-dealkylation sites (tertiary alicyclic amines) is 4. The number of aryl methyl sites for hydroxylation is 4. The molecule has 0 spiro atoms. The molecule has 804 valence electrons. The van der Waals surface area contributed by atoms with Crippen molar-refractivity contribution in [3.8, 4) is 46.0 Å². The molecule has 0 unspecified atom stereocenters. The molecule has 4 fully saturated rings. The molecule has 12 atom stereocenters. The first kappa shape index (κ1) is 116. The molecule has 0 bridgehead atoms. The average molecular weight is 2040 g/mol. The molecule has 4 saturated heterocycles. The van der Waals surface area contributed by atoms with Crippen molar-refractivity contribution in [2.24, 2.45) is 29.4 Å². The monoisotopic (exact) mass is 2040 g/mol. The molecule has 8 aromatic carbocycles. The fourth-order valence-corrected chi connectivity index (χ4v) is 22.6. The van der Waals surface area contributed by atoms with Crippen LogP contribution in [0.25, 0.3) is 0 Å². The Morgan fingerprint density at radius 3 is 0.939 bits per heavy atom. The Morgan fingerprint density at radius 2 is 0.642 bits per heavy atom. The first-order valence-electron chi connectivity index (χ1n) is 53.8. The van der Waals surface area contributed by atoms with Gasteiger partial charge in [0.05, 0.1) is 106 Å². The average Bonchev–Trinajstić information content (AvgIpc) is 1.63. The topological polar surface area (TPSA) is 361 Å². The molecule has 0 aromatic heterocycles. The molecule has 4 amide bonds. The summed E-state index contributed by atoms with van der Waals surface area (Å²) < 4.78 is 43.9. The van der Waals surface area contributed by atoms with Gasteiger partial charge in [-0.15, -0.1) is 0 Å². The van der Waals surface area contributed by atoms with Crippen molar-refractivity contribution in [3.05, 3.63) is 238 Å². The van der Waals surface area contributed by atoms with Crippen molar-refractivity contribution in [3.63, 3.8) is 0 Å². The largest absolute Gasteiger partial charge is 0.497 e. The zero-order valence-corrected chi connectivity index (χ0v) is 89.1. The van der Waals surface area contributed by atoms with Crippen LogP contribution in [0.2, 0.25) is 0 Å². The molecule has 14 rings (SSSR count). The van der Waals surface area contributed by atoms with E-state index in [4.69, 9.17) is 43.6 Å². The van der Waals surface area contributed by atoms with Crippen LogP contribution in [0.5, 0.6) is 46.0 Å². The van der Waals surface area contributed by atoms with Gasteiger partial charge < -0.3 is 84.5 Å². The number of methoxy groups -OCH3 is 6. The quantitative estimate of drug-likeness (QED) is 0.0174. The zero-order valence-electron chi connectivity index (χ0n) is 89.1. The van der Waals surface area contributed by atoms with E-state index in [1.54, 1.807) is 42.7 Å². The lowest BCUT2D eigenvalue weighted by molar-refractivity contribution is -0.144. The number of likely N-dealkylation sites (N-methyl/N-ethyl adjacent to an activating group) is 1. The molecule has 8 N–H and O–H groups in total. The number of aliphatic carboxylic acids is 4.